The Bertz CT molecular complexity index is 1290. The van der Waals surface area contributed by atoms with Gasteiger partial charge >= 0.3 is 5.97 Å². The van der Waals surface area contributed by atoms with Crippen LogP contribution in [0.5, 0.6) is 0 Å². The molecule has 1 heterocycles. The van der Waals surface area contributed by atoms with Gasteiger partial charge in [0.25, 0.3) is 15.9 Å². The van der Waals surface area contributed by atoms with Crippen LogP contribution < -0.4 is 0 Å². The zero-order chi connectivity index (χ0) is 23.1. The molecule has 0 aromatic heterocycles. The zero-order valence-corrected chi connectivity index (χ0v) is 18.2. The number of sulfonamides is 1. The van der Waals surface area contributed by atoms with Gasteiger partial charge in [-0.15, -0.1) is 0 Å². The highest BCUT2D eigenvalue weighted by molar-refractivity contribution is 7.89. The van der Waals surface area contributed by atoms with Crippen molar-refractivity contribution in [1.29, 1.82) is 0 Å². The Balaban J connectivity index is 1.99. The minimum Gasteiger partial charge on any atom is -0.452 e. The van der Waals surface area contributed by atoms with Gasteiger partial charge < -0.3 is 9.84 Å². The van der Waals surface area contributed by atoms with Gasteiger partial charge in [-0.2, -0.15) is 4.31 Å². The molecule has 0 saturated heterocycles. The lowest BCUT2D eigenvalue weighted by atomic mass is 9.92. The number of hydrogen-bond donors (Lipinski definition) is 1. The van der Waals surface area contributed by atoms with Gasteiger partial charge in [0.2, 0.25) is 5.72 Å². The van der Waals surface area contributed by atoms with Crippen LogP contribution in [-0.2, 0) is 25.3 Å². The summed E-state index contributed by atoms with van der Waals surface area (Å²) in [6, 6.07) is 20.2. The van der Waals surface area contributed by atoms with Crippen molar-refractivity contribution in [2.45, 2.75) is 30.6 Å². The molecular formula is C24H21NO6S. The molecule has 0 unspecified atom stereocenters. The second-order valence-corrected chi connectivity index (χ2v) is 9.35. The van der Waals surface area contributed by atoms with Gasteiger partial charge in [-0.25, -0.2) is 8.42 Å². The summed E-state index contributed by atoms with van der Waals surface area (Å²) in [6.45, 7) is 2.95. The van der Waals surface area contributed by atoms with Crippen LogP contribution in [0.15, 0.2) is 83.8 Å². The van der Waals surface area contributed by atoms with Crippen LogP contribution in [-0.4, -0.2) is 29.7 Å². The van der Waals surface area contributed by atoms with Crippen LogP contribution in [0.2, 0.25) is 0 Å². The summed E-state index contributed by atoms with van der Waals surface area (Å²) < 4.78 is 33.2. The lowest BCUT2D eigenvalue weighted by molar-refractivity contribution is -0.181. The molecule has 164 valence electrons. The highest BCUT2D eigenvalue weighted by atomic mass is 32.2. The first-order valence-corrected chi connectivity index (χ1v) is 11.3. The van der Waals surface area contributed by atoms with E-state index >= 15 is 0 Å². The summed E-state index contributed by atoms with van der Waals surface area (Å²) in [5.41, 5.74) is -1.28. The lowest BCUT2D eigenvalue weighted by Gasteiger charge is -2.38. The van der Waals surface area contributed by atoms with Gasteiger partial charge in [0.15, 0.2) is 6.10 Å². The molecule has 4 rings (SSSR count). The SMILES string of the molecule is CC(=O)O[C@H](c1ccccc1)[C@@]1(O)c2ccccc2C(=O)N1S(=O)(=O)c1ccc(C)cc1. The second kappa shape index (κ2) is 7.89. The topological polar surface area (TPSA) is 101 Å². The van der Waals surface area contributed by atoms with Crippen molar-refractivity contribution in [3.8, 4) is 0 Å². The molecule has 7 nitrogen and oxygen atoms in total. The summed E-state index contributed by atoms with van der Waals surface area (Å²) in [7, 11) is -4.53. The summed E-state index contributed by atoms with van der Waals surface area (Å²) in [5.74, 6) is -1.64. The summed E-state index contributed by atoms with van der Waals surface area (Å²) in [5, 5.41) is 12.0. The van der Waals surface area contributed by atoms with E-state index in [1.165, 1.54) is 24.3 Å². The van der Waals surface area contributed by atoms with Crippen molar-refractivity contribution in [2.24, 2.45) is 0 Å². The number of nitrogens with zero attached hydrogens (tertiary/aromatic N) is 1. The third kappa shape index (κ3) is 3.37. The Kier molecular flexibility index (Phi) is 5.36. The van der Waals surface area contributed by atoms with Crippen LogP contribution in [0.25, 0.3) is 0 Å². The molecule has 3 aromatic carbocycles. The lowest BCUT2D eigenvalue weighted by Crippen LogP contribution is -2.52. The maximum atomic E-state index is 13.7. The molecule has 1 N–H and O–H groups in total. The summed E-state index contributed by atoms with van der Waals surface area (Å²) in [6.07, 6.45) is -1.49. The van der Waals surface area contributed by atoms with Crippen molar-refractivity contribution >= 4 is 21.9 Å². The molecule has 0 spiro atoms. The first-order chi connectivity index (χ1) is 15.2. The van der Waals surface area contributed by atoms with E-state index in [2.05, 4.69) is 0 Å². The highest BCUT2D eigenvalue weighted by Gasteiger charge is 2.60. The van der Waals surface area contributed by atoms with E-state index in [0.29, 0.717) is 9.87 Å². The van der Waals surface area contributed by atoms with E-state index in [4.69, 9.17) is 4.74 Å². The number of amides is 1. The molecule has 32 heavy (non-hydrogen) atoms. The quantitative estimate of drug-likeness (QED) is 0.598. The molecule has 1 aliphatic heterocycles. The smallest absolute Gasteiger partial charge is 0.303 e. The van der Waals surface area contributed by atoms with Gasteiger partial charge in [0.05, 0.1) is 4.90 Å². The number of aryl methyl sites for hydroxylation is 1. The van der Waals surface area contributed by atoms with E-state index in [-0.39, 0.29) is 16.0 Å². The van der Waals surface area contributed by atoms with Crippen molar-refractivity contribution in [3.63, 3.8) is 0 Å². The number of ether oxygens (including phenoxy) is 1. The third-order valence-corrected chi connectivity index (χ3v) is 7.15. The number of benzene rings is 3. The Morgan fingerprint density at radius 1 is 0.969 bits per heavy atom. The molecule has 0 bridgehead atoms. The average molecular weight is 452 g/mol. The second-order valence-electron chi connectivity index (χ2n) is 7.56. The van der Waals surface area contributed by atoms with Crippen LogP contribution in [0, 0.1) is 6.92 Å². The summed E-state index contributed by atoms with van der Waals surface area (Å²) in [4.78, 5) is 25.2. The molecule has 1 aliphatic rings. The number of hydrogen-bond acceptors (Lipinski definition) is 6. The zero-order valence-electron chi connectivity index (χ0n) is 17.4. The fourth-order valence-corrected chi connectivity index (χ4v) is 5.46. The largest absolute Gasteiger partial charge is 0.452 e. The van der Waals surface area contributed by atoms with E-state index in [9.17, 15) is 23.1 Å². The van der Waals surface area contributed by atoms with Gasteiger partial charge in [-0.3, -0.25) is 9.59 Å². The third-order valence-electron chi connectivity index (χ3n) is 5.36. The molecular weight excluding hydrogens is 430 g/mol. The number of esters is 1. The minimum absolute atomic E-state index is 0.0127. The Morgan fingerprint density at radius 2 is 1.56 bits per heavy atom. The molecule has 0 aliphatic carbocycles. The number of fused-ring (bicyclic) bond motifs is 1. The van der Waals surface area contributed by atoms with Crippen LogP contribution in [0.3, 0.4) is 0 Å². The fourth-order valence-electron chi connectivity index (χ4n) is 3.90. The van der Waals surface area contributed by atoms with Crippen molar-refractivity contribution < 1.29 is 27.9 Å². The van der Waals surface area contributed by atoms with Crippen molar-refractivity contribution in [3.05, 3.63) is 101 Å². The Morgan fingerprint density at radius 3 is 2.19 bits per heavy atom. The maximum absolute atomic E-state index is 13.7. The van der Waals surface area contributed by atoms with E-state index in [1.54, 1.807) is 61.5 Å². The Labute approximate surface area is 185 Å². The van der Waals surface area contributed by atoms with E-state index < -0.39 is 33.7 Å². The molecule has 8 heteroatoms. The van der Waals surface area contributed by atoms with Crippen LogP contribution in [0.4, 0.5) is 0 Å². The monoisotopic (exact) mass is 451 g/mol. The van der Waals surface area contributed by atoms with Gasteiger partial charge in [0.1, 0.15) is 0 Å². The van der Waals surface area contributed by atoms with Crippen molar-refractivity contribution in [2.75, 3.05) is 0 Å². The van der Waals surface area contributed by atoms with Crippen LogP contribution in [0.1, 0.15) is 40.1 Å². The molecule has 0 fully saturated rings. The van der Waals surface area contributed by atoms with Crippen LogP contribution >= 0.6 is 0 Å². The van der Waals surface area contributed by atoms with E-state index in [0.717, 1.165) is 12.5 Å². The minimum atomic E-state index is -4.53. The highest BCUT2D eigenvalue weighted by Crippen LogP contribution is 2.49. The standard InChI is InChI=1S/C24H21NO6S/c1-16-12-14-19(15-13-16)32(29,30)25-23(27)20-10-6-7-11-21(20)24(25,28)22(31-17(2)26)18-8-4-3-5-9-18/h3-15,22,28H,1-2H3/t22-,24+/m1/s1. The fraction of sp³-hybridized carbons (Fsp3) is 0.167. The predicted molar refractivity (Wildman–Crippen MR) is 116 cm³/mol. The van der Waals surface area contributed by atoms with E-state index in [1.807, 2.05) is 0 Å². The molecule has 1 amide bonds. The predicted octanol–water partition coefficient (Wildman–Crippen LogP) is 3.29. The molecule has 3 aromatic rings. The first kappa shape index (κ1) is 21.7. The molecule has 0 saturated carbocycles. The number of aliphatic hydroxyl groups is 1. The molecule has 0 radical (unpaired) electrons. The average Bonchev–Trinajstić information content (AvgIpc) is 3.01. The van der Waals surface area contributed by atoms with Gasteiger partial charge in [-0.05, 0) is 30.7 Å². The molecule has 2 atom stereocenters. The number of carbonyl (C=O) groups is 2. The summed E-state index contributed by atoms with van der Waals surface area (Å²) >= 11 is 0. The number of rotatable bonds is 5. The maximum Gasteiger partial charge on any atom is 0.303 e. The Hall–Kier alpha value is -3.49. The number of carbonyl (C=O) groups excluding carboxylic acids is 2. The van der Waals surface area contributed by atoms with Crippen molar-refractivity contribution in [1.82, 2.24) is 4.31 Å². The normalized spacial score (nSPS) is 18.8. The van der Waals surface area contributed by atoms with Gasteiger partial charge in [0, 0.05) is 18.1 Å². The van der Waals surface area contributed by atoms with Gasteiger partial charge in [-0.1, -0.05) is 66.2 Å². The first-order valence-electron chi connectivity index (χ1n) is 9.88.